The number of carbonyl (C=O) groups excluding carboxylic acids is 1. The van der Waals surface area contributed by atoms with Gasteiger partial charge in [0, 0.05) is 24.9 Å². The first-order chi connectivity index (χ1) is 8.65. The van der Waals surface area contributed by atoms with Crippen molar-refractivity contribution in [2.45, 2.75) is 26.7 Å². The fraction of sp³-hybridized carbons (Fsp3) is 0.438. The highest BCUT2D eigenvalue weighted by Crippen LogP contribution is 2.27. The van der Waals surface area contributed by atoms with Crippen LogP contribution in [0, 0.1) is 5.92 Å². The Labute approximate surface area is 110 Å². The van der Waals surface area contributed by atoms with E-state index >= 15 is 0 Å². The van der Waals surface area contributed by atoms with Crippen molar-refractivity contribution >= 4 is 5.91 Å². The van der Waals surface area contributed by atoms with Gasteiger partial charge in [-0.15, -0.1) is 6.58 Å². The molecule has 0 fully saturated rings. The van der Waals surface area contributed by atoms with Crippen LogP contribution in [0.3, 0.4) is 0 Å². The maximum Gasteiger partial charge on any atom is 0.226 e. The monoisotopic (exact) mass is 245 g/mol. The van der Waals surface area contributed by atoms with Crippen LogP contribution < -0.4 is 0 Å². The van der Waals surface area contributed by atoms with Crippen molar-refractivity contribution in [1.29, 1.82) is 0 Å². The molecule has 0 aromatic heterocycles. The van der Waals surface area contributed by atoms with E-state index in [1.807, 2.05) is 49.9 Å². The lowest BCUT2D eigenvalue weighted by molar-refractivity contribution is -0.134. The Balaban J connectivity index is 2.89. The van der Waals surface area contributed by atoms with Crippen LogP contribution in [0.15, 0.2) is 43.0 Å². The molecule has 0 aliphatic rings. The van der Waals surface area contributed by atoms with Gasteiger partial charge in [0.1, 0.15) is 0 Å². The fourth-order valence-electron chi connectivity index (χ4n) is 2.28. The van der Waals surface area contributed by atoms with Crippen LogP contribution in [0.2, 0.25) is 0 Å². The van der Waals surface area contributed by atoms with E-state index < -0.39 is 0 Å². The summed E-state index contributed by atoms with van der Waals surface area (Å²) in [6.45, 7) is 11.4. The predicted molar refractivity (Wildman–Crippen MR) is 76.5 cm³/mol. The molecule has 2 atom stereocenters. The molecule has 1 rings (SSSR count). The highest BCUT2D eigenvalue weighted by molar-refractivity contribution is 5.79. The van der Waals surface area contributed by atoms with Crippen LogP contribution in [0.5, 0.6) is 0 Å². The molecule has 1 amide bonds. The minimum atomic E-state index is -0.0650. The number of carbonyl (C=O) groups is 1. The molecule has 0 saturated carbocycles. The molecule has 2 nitrogen and oxygen atoms in total. The highest BCUT2D eigenvalue weighted by atomic mass is 16.2. The molecule has 0 heterocycles. The van der Waals surface area contributed by atoms with E-state index in [0.717, 1.165) is 18.7 Å². The molecule has 2 heteroatoms. The van der Waals surface area contributed by atoms with Gasteiger partial charge >= 0.3 is 0 Å². The summed E-state index contributed by atoms with van der Waals surface area (Å²) in [4.78, 5) is 14.2. The van der Waals surface area contributed by atoms with Crippen molar-refractivity contribution in [3.8, 4) is 0 Å². The van der Waals surface area contributed by atoms with E-state index in [0.29, 0.717) is 0 Å². The molecule has 0 saturated heterocycles. The van der Waals surface area contributed by atoms with E-state index in [-0.39, 0.29) is 17.7 Å². The van der Waals surface area contributed by atoms with Crippen LogP contribution in [0.4, 0.5) is 0 Å². The SMILES string of the molecule is C=C[C@H](c1ccccc1)[C@H](C)C(=O)N(CC)CC. The zero-order valence-corrected chi connectivity index (χ0v) is 11.6. The molecule has 1 aromatic rings. The molecule has 18 heavy (non-hydrogen) atoms. The average molecular weight is 245 g/mol. The van der Waals surface area contributed by atoms with Gasteiger partial charge in [-0.3, -0.25) is 4.79 Å². The molecule has 0 bridgehead atoms. The number of amides is 1. The number of rotatable bonds is 6. The van der Waals surface area contributed by atoms with Crippen molar-refractivity contribution in [1.82, 2.24) is 4.90 Å². The van der Waals surface area contributed by atoms with Crippen LogP contribution in [-0.2, 0) is 4.79 Å². The van der Waals surface area contributed by atoms with Crippen molar-refractivity contribution < 1.29 is 4.79 Å². The van der Waals surface area contributed by atoms with Crippen LogP contribution in [-0.4, -0.2) is 23.9 Å². The van der Waals surface area contributed by atoms with Gasteiger partial charge in [-0.2, -0.15) is 0 Å². The van der Waals surface area contributed by atoms with E-state index in [1.165, 1.54) is 0 Å². The van der Waals surface area contributed by atoms with Crippen LogP contribution in [0.1, 0.15) is 32.3 Å². The molecule has 98 valence electrons. The Morgan fingerprint density at radius 2 is 1.83 bits per heavy atom. The Morgan fingerprint density at radius 3 is 2.28 bits per heavy atom. The van der Waals surface area contributed by atoms with E-state index in [4.69, 9.17) is 0 Å². The van der Waals surface area contributed by atoms with Gasteiger partial charge in [-0.05, 0) is 19.4 Å². The van der Waals surface area contributed by atoms with Gasteiger partial charge in [0.05, 0.1) is 0 Å². The smallest absolute Gasteiger partial charge is 0.226 e. The molecule has 0 unspecified atom stereocenters. The predicted octanol–water partition coefficient (Wildman–Crippen LogP) is 3.46. The van der Waals surface area contributed by atoms with Crippen molar-refractivity contribution in [3.05, 3.63) is 48.6 Å². The van der Waals surface area contributed by atoms with Crippen molar-refractivity contribution in [2.75, 3.05) is 13.1 Å². The third kappa shape index (κ3) is 3.22. The third-order valence-electron chi connectivity index (χ3n) is 3.44. The summed E-state index contributed by atoms with van der Waals surface area (Å²) in [6, 6.07) is 10.1. The van der Waals surface area contributed by atoms with Crippen LogP contribution in [0.25, 0.3) is 0 Å². The van der Waals surface area contributed by atoms with Gasteiger partial charge < -0.3 is 4.90 Å². The minimum absolute atomic E-state index is 0.0650. The minimum Gasteiger partial charge on any atom is -0.343 e. The first-order valence-electron chi connectivity index (χ1n) is 6.61. The second-order valence-electron chi connectivity index (χ2n) is 4.47. The summed E-state index contributed by atoms with van der Waals surface area (Å²) >= 11 is 0. The molecule has 1 aromatic carbocycles. The van der Waals surface area contributed by atoms with Gasteiger partial charge in [0.2, 0.25) is 5.91 Å². The average Bonchev–Trinajstić information content (AvgIpc) is 2.42. The zero-order valence-electron chi connectivity index (χ0n) is 11.6. The number of allylic oxidation sites excluding steroid dienone is 1. The zero-order chi connectivity index (χ0) is 13.5. The molecule has 0 N–H and O–H groups in total. The number of hydrogen-bond donors (Lipinski definition) is 0. The third-order valence-corrected chi connectivity index (χ3v) is 3.44. The Bertz CT molecular complexity index is 381. The second-order valence-corrected chi connectivity index (χ2v) is 4.47. The summed E-state index contributed by atoms with van der Waals surface area (Å²) in [5, 5.41) is 0. The van der Waals surface area contributed by atoms with E-state index in [1.54, 1.807) is 0 Å². The molecule has 0 aliphatic heterocycles. The summed E-state index contributed by atoms with van der Waals surface area (Å²) in [5.41, 5.74) is 1.15. The normalized spacial score (nSPS) is 13.7. The first-order valence-corrected chi connectivity index (χ1v) is 6.61. The molecule has 0 aliphatic carbocycles. The summed E-state index contributed by atoms with van der Waals surface area (Å²) in [5.74, 6) is 0.220. The molecular formula is C16H23NO. The fourth-order valence-corrected chi connectivity index (χ4v) is 2.28. The Hall–Kier alpha value is -1.57. The second kappa shape index (κ2) is 7.00. The number of benzene rings is 1. The van der Waals surface area contributed by atoms with E-state index in [2.05, 4.69) is 18.7 Å². The summed E-state index contributed by atoms with van der Waals surface area (Å²) in [6.07, 6.45) is 1.88. The molecular weight excluding hydrogens is 222 g/mol. The lowest BCUT2D eigenvalue weighted by Crippen LogP contribution is -2.36. The Kier molecular flexibility index (Phi) is 5.63. The van der Waals surface area contributed by atoms with Gasteiger partial charge in [0.25, 0.3) is 0 Å². The Morgan fingerprint density at radius 1 is 1.28 bits per heavy atom. The number of nitrogens with zero attached hydrogens (tertiary/aromatic N) is 1. The van der Waals surface area contributed by atoms with Gasteiger partial charge in [0.15, 0.2) is 0 Å². The lowest BCUT2D eigenvalue weighted by Gasteiger charge is -2.27. The maximum atomic E-state index is 12.4. The van der Waals surface area contributed by atoms with Crippen molar-refractivity contribution in [3.63, 3.8) is 0 Å². The van der Waals surface area contributed by atoms with Crippen LogP contribution >= 0.6 is 0 Å². The van der Waals surface area contributed by atoms with Gasteiger partial charge in [-0.25, -0.2) is 0 Å². The topological polar surface area (TPSA) is 20.3 Å². The van der Waals surface area contributed by atoms with Crippen molar-refractivity contribution in [2.24, 2.45) is 5.92 Å². The number of hydrogen-bond acceptors (Lipinski definition) is 1. The summed E-state index contributed by atoms with van der Waals surface area (Å²) in [7, 11) is 0. The standard InChI is InChI=1S/C16H23NO/c1-5-15(14-11-9-8-10-12-14)13(4)16(18)17(6-2)7-3/h5,8-13,15H,1,6-7H2,2-4H3/t13-,15-/m0/s1. The summed E-state index contributed by atoms with van der Waals surface area (Å²) < 4.78 is 0. The highest BCUT2D eigenvalue weighted by Gasteiger charge is 2.25. The molecule has 0 spiro atoms. The quantitative estimate of drug-likeness (QED) is 0.703. The first kappa shape index (κ1) is 14.5. The maximum absolute atomic E-state index is 12.4. The lowest BCUT2D eigenvalue weighted by atomic mass is 9.86. The van der Waals surface area contributed by atoms with E-state index in [9.17, 15) is 4.79 Å². The van der Waals surface area contributed by atoms with Gasteiger partial charge in [-0.1, -0.05) is 43.3 Å². The largest absolute Gasteiger partial charge is 0.343 e. The molecule has 0 radical (unpaired) electrons.